The van der Waals surface area contributed by atoms with Crippen LogP contribution in [0.2, 0.25) is 0 Å². The summed E-state index contributed by atoms with van der Waals surface area (Å²) in [6.07, 6.45) is 15.1. The van der Waals surface area contributed by atoms with E-state index in [-0.39, 0.29) is 42.9 Å². The maximum atomic E-state index is 14.7. The van der Waals surface area contributed by atoms with Crippen LogP contribution in [0, 0.1) is 24.4 Å². The van der Waals surface area contributed by atoms with Gasteiger partial charge in [0.05, 0.1) is 45.2 Å². The topological polar surface area (TPSA) is 193 Å². The fourth-order valence-electron chi connectivity index (χ4n) is 14.0. The Morgan fingerprint density at radius 3 is 1.43 bits per heavy atom. The first-order chi connectivity index (χ1) is 49.3. The third kappa shape index (κ3) is 11.8. The van der Waals surface area contributed by atoms with Crippen molar-refractivity contribution in [2.45, 2.75) is 42.8 Å². The molecule has 17 nitrogen and oxygen atoms in total. The number of benzene rings is 6. The second kappa shape index (κ2) is 26.7. The van der Waals surface area contributed by atoms with Gasteiger partial charge in [0.1, 0.15) is 62.6 Å². The van der Waals surface area contributed by atoms with Crippen LogP contribution in [-0.2, 0) is 16.6 Å². The molecule has 6 aromatic carbocycles. The zero-order valence-electron chi connectivity index (χ0n) is 54.9. The number of nitrogens with one attached hydrogen (secondary N) is 3. The molecule has 0 spiro atoms. The number of ether oxygens (including phenoxy) is 5. The predicted octanol–water partition coefficient (Wildman–Crippen LogP) is 12.9. The smallest absolute Gasteiger partial charge is 0.381 e. The highest BCUT2D eigenvalue weighted by atomic mass is 19.1. The summed E-state index contributed by atoms with van der Waals surface area (Å²) >= 11 is 0. The second-order valence-electron chi connectivity index (χ2n) is 24.8. The summed E-state index contributed by atoms with van der Waals surface area (Å²) in [4.78, 5) is 62.3. The average Bonchev–Trinajstić information content (AvgIpc) is 0.745. The monoisotopic (exact) mass is 1350 g/mol. The van der Waals surface area contributed by atoms with Gasteiger partial charge in [-0.05, 0) is 143 Å². The van der Waals surface area contributed by atoms with E-state index in [1.54, 1.807) is 45.1 Å². The molecule has 15 rings (SSSR count). The number of rotatable bonds is 16. The molecule has 3 aliphatic rings. The van der Waals surface area contributed by atoms with E-state index in [0.29, 0.717) is 86.9 Å². The van der Waals surface area contributed by atoms with E-state index in [4.69, 9.17) is 38.6 Å². The Kier molecular flexibility index (Phi) is 17.0. The Hall–Kier alpha value is -12.6. The number of aromatic nitrogens is 6. The number of nitrogens with zero attached hydrogens (tertiary/aromatic N) is 6. The van der Waals surface area contributed by atoms with Gasteiger partial charge in [0, 0.05) is 96.8 Å². The number of pyridine rings is 6. The number of hydrogen-bond acceptors (Lipinski definition) is 12. The highest BCUT2D eigenvalue weighted by Gasteiger charge is 2.48. The third-order valence-electron chi connectivity index (χ3n) is 19.2. The van der Waals surface area contributed by atoms with Crippen LogP contribution in [0.15, 0.2) is 244 Å². The summed E-state index contributed by atoms with van der Waals surface area (Å²) in [5, 5.41) is 9.94. The summed E-state index contributed by atoms with van der Waals surface area (Å²) < 4.78 is 78.2. The van der Waals surface area contributed by atoms with Crippen LogP contribution in [0.3, 0.4) is 0 Å². The van der Waals surface area contributed by atoms with Crippen molar-refractivity contribution in [3.05, 3.63) is 317 Å². The van der Waals surface area contributed by atoms with Crippen molar-refractivity contribution in [2.75, 3.05) is 34.0 Å². The SMILES string of the molecule is COc1cc[n+](-c2ccnc3c2OCCC3(NC(=O)c2ccc(F)cc2)c2ccc(-c3ccc[n+](-c4ccnc5c4OCCC5(NC(=O)c4ccc(F)cc4)c4ccc(-c5cnccc5C)cc4)c3OC)cc2)cc1-c1ccc(C2(NC(=O)c3ccc(F)cc3)CCOc3cccnc32)cc1. The van der Waals surface area contributed by atoms with Gasteiger partial charge >= 0.3 is 5.88 Å². The van der Waals surface area contributed by atoms with E-state index in [1.165, 1.54) is 72.8 Å². The minimum atomic E-state index is -1.33. The van der Waals surface area contributed by atoms with Gasteiger partial charge in [-0.15, -0.1) is 4.57 Å². The summed E-state index contributed by atoms with van der Waals surface area (Å²) in [6, 6.07) is 54.5. The lowest BCUT2D eigenvalue weighted by molar-refractivity contribution is -0.602. The van der Waals surface area contributed by atoms with E-state index >= 15 is 0 Å². The molecule has 0 saturated carbocycles. The number of carbonyl (C=O) groups is 3. The molecule has 12 aromatic rings. The lowest BCUT2D eigenvalue weighted by Gasteiger charge is -2.39. The molecule has 3 unspecified atom stereocenters. The molecule has 20 heteroatoms. The first-order valence-corrected chi connectivity index (χ1v) is 32.8. The molecule has 6 aromatic heterocycles. The Morgan fingerprint density at radius 1 is 0.455 bits per heavy atom. The molecule has 3 aliphatic heterocycles. The molecule has 0 saturated heterocycles. The molecule has 500 valence electrons. The van der Waals surface area contributed by atoms with E-state index in [1.807, 2.05) is 156 Å². The van der Waals surface area contributed by atoms with Crippen LogP contribution >= 0.6 is 0 Å². The molecule has 0 bridgehead atoms. The number of halogens is 3. The lowest BCUT2D eigenvalue weighted by Crippen LogP contribution is -2.51. The predicted molar refractivity (Wildman–Crippen MR) is 368 cm³/mol. The fraction of sp³-hybridized carbons (Fsp3) is 0.148. The van der Waals surface area contributed by atoms with Crippen molar-refractivity contribution in [3.8, 4) is 73.6 Å². The molecule has 3 atom stereocenters. The zero-order chi connectivity index (χ0) is 69.4. The third-order valence-corrected chi connectivity index (χ3v) is 19.2. The van der Waals surface area contributed by atoms with E-state index in [2.05, 4.69) is 20.9 Å². The Morgan fingerprint density at radius 2 is 0.921 bits per heavy atom. The first-order valence-electron chi connectivity index (χ1n) is 32.8. The maximum Gasteiger partial charge on any atom is 0.381 e. The molecule has 0 aliphatic carbocycles. The van der Waals surface area contributed by atoms with Gasteiger partial charge in [0.2, 0.25) is 11.5 Å². The Bertz CT molecular complexity index is 5170. The zero-order valence-corrected chi connectivity index (χ0v) is 54.9. The fourth-order valence-corrected chi connectivity index (χ4v) is 14.0. The molecule has 3 N–H and O–H groups in total. The van der Waals surface area contributed by atoms with Crippen molar-refractivity contribution in [1.29, 1.82) is 0 Å². The molecular formula is C81H64F3N9O8+2. The summed E-state index contributed by atoms with van der Waals surface area (Å²) in [6.45, 7) is 2.64. The van der Waals surface area contributed by atoms with Crippen molar-refractivity contribution in [3.63, 3.8) is 0 Å². The standard InChI is InChI=1S/C81H62F3N9O8/c1-50-32-40-85-48-64(50)52-10-22-59(23-11-52)81(91-77(96)56-18-30-62(84)31-19-56)38-47-101-71-67(34-42-88-74(71)81)93-43-5-6-63(78(93)98-3)51-8-20-58(21-9-51)80(90-76(95)55-16-28-61(83)29-17-55)37-46-100-70-66(33-41-87-73(70)80)92-44-35-68(97-2)65(49-92)53-12-24-57(25-13-53)79(36-45-99-69-7-4-39-86-72(69)79)89-75(94)54-14-26-60(82)27-15-54/h4-35,39-44,48-49H,36-38,45-47H2,1-3H3,(H-2,89,90,91,94,95,96)/p+2. The number of methoxy groups -OCH3 is 2. The van der Waals surface area contributed by atoms with Crippen LogP contribution in [0.25, 0.3) is 44.8 Å². The van der Waals surface area contributed by atoms with E-state index in [0.717, 1.165) is 38.9 Å². The number of amides is 3. The van der Waals surface area contributed by atoms with Gasteiger partial charge in [-0.1, -0.05) is 72.8 Å². The van der Waals surface area contributed by atoms with Gasteiger partial charge in [-0.3, -0.25) is 34.3 Å². The van der Waals surface area contributed by atoms with Crippen LogP contribution < -0.4 is 48.8 Å². The summed E-state index contributed by atoms with van der Waals surface area (Å²) in [5.41, 5.74) is 7.70. The van der Waals surface area contributed by atoms with Crippen molar-refractivity contribution < 1.29 is 60.4 Å². The minimum Gasteiger partial charge on any atom is -0.496 e. The molecular weight excluding hydrogens is 1280 g/mol. The van der Waals surface area contributed by atoms with Crippen LogP contribution in [0.4, 0.5) is 13.2 Å². The number of hydrogen-bond donors (Lipinski definition) is 3. The normalized spacial score (nSPS) is 17.2. The van der Waals surface area contributed by atoms with Crippen LogP contribution in [0.5, 0.6) is 28.9 Å². The van der Waals surface area contributed by atoms with Crippen LogP contribution in [-0.4, -0.2) is 71.7 Å². The van der Waals surface area contributed by atoms with Crippen LogP contribution in [0.1, 0.15) is 89.7 Å². The van der Waals surface area contributed by atoms with E-state index in [9.17, 15) is 27.6 Å². The molecule has 3 amide bonds. The Labute approximate surface area is 578 Å². The number of aryl methyl sites for hydroxylation is 1. The van der Waals surface area contributed by atoms with Crippen molar-refractivity contribution >= 4 is 17.7 Å². The van der Waals surface area contributed by atoms with Gasteiger partial charge in [-0.25, -0.2) is 13.2 Å². The average molecular weight is 1350 g/mol. The summed E-state index contributed by atoms with van der Waals surface area (Å²) in [5.74, 6) is -0.408. The molecule has 101 heavy (non-hydrogen) atoms. The highest BCUT2D eigenvalue weighted by molar-refractivity contribution is 5.97. The van der Waals surface area contributed by atoms with Gasteiger partial charge < -0.3 is 39.6 Å². The largest absolute Gasteiger partial charge is 0.496 e. The molecule has 0 fully saturated rings. The van der Waals surface area contributed by atoms with Gasteiger partial charge in [0.25, 0.3) is 29.1 Å². The van der Waals surface area contributed by atoms with Gasteiger partial charge in [-0.2, -0.15) is 4.57 Å². The van der Waals surface area contributed by atoms with Gasteiger partial charge in [0.15, 0.2) is 18.6 Å². The molecule has 0 radical (unpaired) electrons. The summed E-state index contributed by atoms with van der Waals surface area (Å²) in [7, 11) is 3.18. The molecule has 9 heterocycles. The van der Waals surface area contributed by atoms with Crippen molar-refractivity contribution in [2.24, 2.45) is 0 Å². The minimum absolute atomic E-state index is 0.142. The highest BCUT2D eigenvalue weighted by Crippen LogP contribution is 2.47. The second-order valence-corrected chi connectivity index (χ2v) is 24.8. The van der Waals surface area contributed by atoms with Crippen molar-refractivity contribution in [1.82, 2.24) is 35.9 Å². The Balaban J connectivity index is 0.785. The maximum absolute atomic E-state index is 14.7. The quantitative estimate of drug-likeness (QED) is 0.0777. The number of fused-ring (bicyclic) bond motifs is 3. The first kappa shape index (κ1) is 64.4. The lowest BCUT2D eigenvalue weighted by atomic mass is 9.80. The van der Waals surface area contributed by atoms with E-state index < -0.39 is 51.8 Å². The number of carbonyl (C=O) groups excluding carboxylic acids is 3.